The molecule has 218 valence electrons. The average molecular weight is 575 g/mol. The highest BCUT2D eigenvalue weighted by atomic mass is 28.4. The van der Waals surface area contributed by atoms with Gasteiger partial charge in [0, 0.05) is 6.08 Å². The van der Waals surface area contributed by atoms with Gasteiger partial charge in [-0.1, -0.05) is 112 Å². The maximum Gasteiger partial charge on any atom is 0.330 e. The van der Waals surface area contributed by atoms with Gasteiger partial charge in [0.25, 0.3) is 8.32 Å². The Morgan fingerprint density at radius 3 is 1.88 bits per heavy atom. The number of rotatable bonds is 10. The molecule has 3 aromatic rings. The Morgan fingerprint density at radius 2 is 1.39 bits per heavy atom. The maximum atomic E-state index is 12.0. The fourth-order valence-electron chi connectivity index (χ4n) is 5.64. The summed E-state index contributed by atoms with van der Waals surface area (Å²) in [5, 5.41) is 13.3. The van der Waals surface area contributed by atoms with Gasteiger partial charge < -0.3 is 23.7 Å². The van der Waals surface area contributed by atoms with Crippen LogP contribution in [-0.4, -0.2) is 50.1 Å². The van der Waals surface area contributed by atoms with Crippen LogP contribution < -0.4 is 10.4 Å². The molecule has 3 aromatic carbocycles. The van der Waals surface area contributed by atoms with E-state index >= 15 is 0 Å². The van der Waals surface area contributed by atoms with E-state index < -0.39 is 44.5 Å². The van der Waals surface area contributed by atoms with Gasteiger partial charge >= 0.3 is 5.97 Å². The van der Waals surface area contributed by atoms with E-state index in [1.165, 1.54) is 12.2 Å². The third-order valence-corrected chi connectivity index (χ3v) is 12.4. The molecular formula is C34H42O6Si. The van der Waals surface area contributed by atoms with Crippen LogP contribution in [0, 0.1) is 0 Å². The van der Waals surface area contributed by atoms with Crippen molar-refractivity contribution in [2.45, 2.75) is 76.8 Å². The van der Waals surface area contributed by atoms with Crippen LogP contribution in [0.1, 0.15) is 53.2 Å². The first-order chi connectivity index (χ1) is 19.5. The Morgan fingerprint density at radius 1 is 0.902 bits per heavy atom. The molecule has 0 amide bonds. The topological polar surface area (TPSA) is 74.2 Å². The van der Waals surface area contributed by atoms with E-state index in [9.17, 15) is 9.90 Å². The molecule has 0 radical (unpaired) electrons. The quantitative estimate of drug-likeness (QED) is 0.201. The predicted molar refractivity (Wildman–Crippen MR) is 163 cm³/mol. The van der Waals surface area contributed by atoms with Gasteiger partial charge in [-0.15, -0.1) is 0 Å². The lowest BCUT2D eigenvalue weighted by atomic mass is 9.97. The van der Waals surface area contributed by atoms with Gasteiger partial charge in [0.1, 0.15) is 24.4 Å². The van der Waals surface area contributed by atoms with Gasteiger partial charge in [-0.3, -0.25) is 0 Å². The largest absolute Gasteiger partial charge is 0.463 e. The fraction of sp³-hybridized carbons (Fsp3) is 0.382. The molecule has 1 saturated heterocycles. The number of ether oxygens (including phenoxy) is 3. The zero-order chi connectivity index (χ0) is 29.7. The Bertz CT molecular complexity index is 1250. The lowest BCUT2D eigenvalue weighted by molar-refractivity contribution is -0.158. The highest BCUT2D eigenvalue weighted by Crippen LogP contribution is 2.45. The van der Waals surface area contributed by atoms with Crippen molar-refractivity contribution in [2.75, 3.05) is 6.61 Å². The van der Waals surface area contributed by atoms with Crippen molar-refractivity contribution in [3.63, 3.8) is 0 Å². The molecule has 1 aliphatic heterocycles. The van der Waals surface area contributed by atoms with E-state index in [2.05, 4.69) is 69.3 Å². The van der Waals surface area contributed by atoms with Crippen molar-refractivity contribution in [2.24, 2.45) is 0 Å². The lowest BCUT2D eigenvalue weighted by Gasteiger charge is -2.46. The van der Waals surface area contributed by atoms with E-state index in [1.54, 1.807) is 6.92 Å². The van der Waals surface area contributed by atoms with E-state index in [4.69, 9.17) is 18.6 Å². The van der Waals surface area contributed by atoms with Crippen molar-refractivity contribution in [1.29, 1.82) is 0 Å². The van der Waals surface area contributed by atoms with Gasteiger partial charge in [-0.2, -0.15) is 0 Å². The molecule has 1 aliphatic rings. The van der Waals surface area contributed by atoms with Gasteiger partial charge in [-0.25, -0.2) is 4.79 Å². The number of hydrogen-bond donors (Lipinski definition) is 1. The molecule has 0 bridgehead atoms. The Hall–Kier alpha value is -3.07. The normalized spacial score (nSPS) is 20.6. The first-order valence-electron chi connectivity index (χ1n) is 14.2. The molecule has 1 N–H and O–H groups in total. The summed E-state index contributed by atoms with van der Waals surface area (Å²) in [6.07, 6.45) is -0.582. The van der Waals surface area contributed by atoms with Crippen molar-refractivity contribution in [3.05, 3.63) is 109 Å². The second-order valence-corrected chi connectivity index (χ2v) is 16.0. The molecule has 41 heavy (non-hydrogen) atoms. The molecular weight excluding hydrogens is 532 g/mol. The minimum absolute atomic E-state index is 0.250. The second-order valence-electron chi connectivity index (χ2n) is 11.8. The number of esters is 1. The third kappa shape index (κ3) is 6.88. The molecule has 1 fully saturated rings. The zero-order valence-corrected chi connectivity index (χ0v) is 25.8. The van der Waals surface area contributed by atoms with Crippen LogP contribution in [0.25, 0.3) is 0 Å². The number of aliphatic hydroxyl groups excluding tert-OH is 1. The van der Waals surface area contributed by atoms with Crippen LogP contribution >= 0.6 is 0 Å². The summed E-state index contributed by atoms with van der Waals surface area (Å²) in [6, 6.07) is 30.8. The number of aliphatic hydroxyl groups is 1. The highest BCUT2D eigenvalue weighted by Gasteiger charge is 2.56. The summed E-state index contributed by atoms with van der Waals surface area (Å²) in [5.41, 5.74) is 0.915. The van der Waals surface area contributed by atoms with Crippen LogP contribution in [0.15, 0.2) is 103 Å². The van der Waals surface area contributed by atoms with E-state index in [0.29, 0.717) is 0 Å². The molecule has 4 rings (SSSR count). The Kier molecular flexibility index (Phi) is 9.67. The number of hydrogen-bond acceptors (Lipinski definition) is 6. The van der Waals surface area contributed by atoms with Gasteiger partial charge in [-0.05, 0) is 47.8 Å². The summed E-state index contributed by atoms with van der Waals surface area (Å²) in [4.78, 5) is 12.0. The number of carbonyl (C=O) groups is 1. The van der Waals surface area contributed by atoms with E-state index in [0.717, 1.165) is 15.9 Å². The first kappa shape index (κ1) is 30.9. The summed E-state index contributed by atoms with van der Waals surface area (Å²) in [6.45, 7) is 12.3. The smallest absolute Gasteiger partial charge is 0.330 e. The average Bonchev–Trinajstić information content (AvgIpc) is 3.28. The molecule has 0 spiro atoms. The molecule has 1 heterocycles. The predicted octanol–water partition coefficient (Wildman–Crippen LogP) is 5.30. The van der Waals surface area contributed by atoms with Gasteiger partial charge in [0.15, 0.2) is 5.79 Å². The minimum Gasteiger partial charge on any atom is -0.463 e. The van der Waals surface area contributed by atoms with E-state index in [-0.39, 0.29) is 11.6 Å². The van der Waals surface area contributed by atoms with Crippen molar-refractivity contribution >= 4 is 24.7 Å². The van der Waals surface area contributed by atoms with Crippen LogP contribution in [0.5, 0.6) is 0 Å². The first-order valence-corrected chi connectivity index (χ1v) is 16.1. The summed E-state index contributed by atoms with van der Waals surface area (Å²) >= 11 is 0. The molecule has 7 heteroatoms. The van der Waals surface area contributed by atoms with Gasteiger partial charge in [0.05, 0.1) is 6.61 Å². The Balaban J connectivity index is 1.88. The molecule has 0 saturated carbocycles. The maximum absolute atomic E-state index is 12.0. The lowest BCUT2D eigenvalue weighted by Crippen LogP contribution is -2.67. The second kappa shape index (κ2) is 12.8. The molecule has 1 unspecified atom stereocenters. The SMILES string of the molecule is CCOC(=O)/C=C/C(O)[C@H]1OC(C)(C)O[C@@H]1[C@H](O[Si](c1ccccc1)(c1ccccc1)C(C)(C)C)c1ccccc1. The van der Waals surface area contributed by atoms with Crippen molar-refractivity contribution < 1.29 is 28.5 Å². The summed E-state index contributed by atoms with van der Waals surface area (Å²) in [5.74, 6) is -1.51. The zero-order valence-electron chi connectivity index (χ0n) is 24.8. The highest BCUT2D eigenvalue weighted by molar-refractivity contribution is 6.99. The molecule has 0 aromatic heterocycles. The minimum atomic E-state index is -3.03. The van der Waals surface area contributed by atoms with Crippen LogP contribution in [0.2, 0.25) is 5.04 Å². The molecule has 4 atom stereocenters. The third-order valence-electron chi connectivity index (χ3n) is 7.36. The van der Waals surface area contributed by atoms with Crippen LogP contribution in [-0.2, 0) is 23.4 Å². The van der Waals surface area contributed by atoms with Crippen LogP contribution in [0.3, 0.4) is 0 Å². The monoisotopic (exact) mass is 574 g/mol. The fourth-order valence-corrected chi connectivity index (χ4v) is 10.3. The summed E-state index contributed by atoms with van der Waals surface area (Å²) < 4.78 is 25.4. The summed E-state index contributed by atoms with van der Waals surface area (Å²) in [7, 11) is -3.03. The Labute approximate surface area is 245 Å². The molecule has 0 aliphatic carbocycles. The van der Waals surface area contributed by atoms with Crippen LogP contribution in [0.4, 0.5) is 0 Å². The van der Waals surface area contributed by atoms with Crippen molar-refractivity contribution in [3.8, 4) is 0 Å². The van der Waals surface area contributed by atoms with Gasteiger partial charge in [0.2, 0.25) is 0 Å². The number of carbonyl (C=O) groups excluding carboxylic acids is 1. The standard InChI is InChI=1S/C34H42O6Si/c1-7-37-29(36)24-23-28(35)31-32(39-34(5,6)38-31)30(25-17-11-8-12-18-25)40-41(33(2,3)4,26-19-13-9-14-20-26)27-21-15-10-16-22-27/h8-24,28,30-32,35H,7H2,1-6H3/b24-23+/t28?,30-,31-,32-/m1/s1. The van der Waals surface area contributed by atoms with Crippen molar-refractivity contribution in [1.82, 2.24) is 0 Å². The van der Waals surface area contributed by atoms with E-state index in [1.807, 2.05) is 56.3 Å². The molecule has 6 nitrogen and oxygen atoms in total. The number of benzene rings is 3.